The normalized spacial score (nSPS) is 48.5. The third-order valence-corrected chi connectivity index (χ3v) is 10.2. The first-order valence-electron chi connectivity index (χ1n) is 12.1. The van der Waals surface area contributed by atoms with Gasteiger partial charge in [-0.3, -0.25) is 15.1 Å². The molecule has 5 aliphatic rings. The molecule has 0 bridgehead atoms. The molecule has 5 rings (SSSR count). The van der Waals surface area contributed by atoms with Crippen LogP contribution < -0.4 is 10.8 Å². The highest BCUT2D eigenvalue weighted by atomic mass is 16.7. The summed E-state index contributed by atoms with van der Waals surface area (Å²) in [5.41, 5.74) is 5.14. The monoisotopic (exact) mass is 400 g/mol. The van der Waals surface area contributed by atoms with E-state index in [2.05, 4.69) is 44.6 Å². The van der Waals surface area contributed by atoms with Gasteiger partial charge >= 0.3 is 0 Å². The highest BCUT2D eigenvalue weighted by Gasteiger charge is 2.62. The lowest BCUT2D eigenvalue weighted by atomic mass is 9.42. The number of carbonyl (C=O) groups is 1. The predicted molar refractivity (Wildman–Crippen MR) is 115 cm³/mol. The first-order chi connectivity index (χ1) is 13.8. The van der Waals surface area contributed by atoms with Gasteiger partial charge in [0.2, 0.25) is 0 Å². The lowest BCUT2D eigenvalue weighted by Gasteiger charge is -2.62. The minimum atomic E-state index is -0.0136. The van der Waals surface area contributed by atoms with Crippen LogP contribution in [-0.2, 0) is 9.63 Å². The molecule has 29 heavy (non-hydrogen) atoms. The van der Waals surface area contributed by atoms with Gasteiger partial charge in [-0.25, -0.2) is 0 Å². The van der Waals surface area contributed by atoms with Crippen LogP contribution in [0.15, 0.2) is 11.8 Å². The Morgan fingerprint density at radius 3 is 2.66 bits per heavy atom. The summed E-state index contributed by atoms with van der Waals surface area (Å²) in [5, 5.41) is 3.38. The van der Waals surface area contributed by atoms with Gasteiger partial charge in [0.1, 0.15) is 5.78 Å². The van der Waals surface area contributed by atoms with Crippen LogP contribution in [0.4, 0.5) is 0 Å². The Balaban J connectivity index is 1.38. The van der Waals surface area contributed by atoms with Gasteiger partial charge in [0, 0.05) is 29.5 Å². The van der Waals surface area contributed by atoms with E-state index < -0.39 is 0 Å². The molecule has 0 aromatic rings. The average molecular weight is 401 g/mol. The molecule has 1 saturated heterocycles. The van der Waals surface area contributed by atoms with Gasteiger partial charge in [-0.05, 0) is 80.6 Å². The standard InChI is InChI=1S/C25H40N2O2/c1-23(2)20-7-5-17-18-6-8-22(28)25(18,4)12-9-19(17)24(20,3)13-10-21(23)27-29-16-11-14-26-15-16/h10,16-20,26-27H,5-9,11-15H2,1-4H3/t16-,17+,18+,19+,20?,24-,25+/m1/s1. The van der Waals surface area contributed by atoms with Gasteiger partial charge in [0.05, 0.1) is 6.10 Å². The minimum absolute atomic E-state index is 0.0136. The molecule has 162 valence electrons. The summed E-state index contributed by atoms with van der Waals surface area (Å²) in [7, 11) is 0. The Hall–Kier alpha value is -0.870. The van der Waals surface area contributed by atoms with Crippen LogP contribution in [0.1, 0.15) is 79.1 Å². The number of hydroxylamine groups is 1. The number of nitrogens with one attached hydrogen (secondary N) is 2. The Morgan fingerprint density at radius 1 is 1.07 bits per heavy atom. The zero-order valence-corrected chi connectivity index (χ0v) is 18.9. The molecule has 0 aromatic heterocycles. The first-order valence-corrected chi connectivity index (χ1v) is 12.1. The van der Waals surface area contributed by atoms with Crippen LogP contribution in [-0.4, -0.2) is 25.0 Å². The van der Waals surface area contributed by atoms with Crippen molar-refractivity contribution in [3.63, 3.8) is 0 Å². The molecule has 2 N–H and O–H groups in total. The van der Waals surface area contributed by atoms with Gasteiger partial charge in [0.25, 0.3) is 0 Å². The number of carbonyl (C=O) groups excluding carboxylic acids is 1. The number of Topliss-reactive ketones (excluding diaryl/α,β-unsaturated/α-hetero) is 1. The van der Waals surface area contributed by atoms with E-state index in [-0.39, 0.29) is 16.9 Å². The van der Waals surface area contributed by atoms with Crippen molar-refractivity contribution in [3.05, 3.63) is 11.8 Å². The number of hydrogen-bond acceptors (Lipinski definition) is 4. The highest BCUT2D eigenvalue weighted by molar-refractivity contribution is 5.87. The quantitative estimate of drug-likeness (QED) is 0.679. The maximum absolute atomic E-state index is 12.7. The number of rotatable bonds is 3. The lowest BCUT2D eigenvalue weighted by Crippen LogP contribution is -2.57. The van der Waals surface area contributed by atoms with E-state index in [0.29, 0.717) is 23.0 Å². The lowest BCUT2D eigenvalue weighted by molar-refractivity contribution is -0.143. The zero-order chi connectivity index (χ0) is 20.4. The Kier molecular flexibility index (Phi) is 4.71. The van der Waals surface area contributed by atoms with E-state index >= 15 is 0 Å². The molecule has 0 spiro atoms. The van der Waals surface area contributed by atoms with Crippen LogP contribution in [0.3, 0.4) is 0 Å². The summed E-state index contributed by atoms with van der Waals surface area (Å²) in [4.78, 5) is 18.7. The van der Waals surface area contributed by atoms with Crippen LogP contribution >= 0.6 is 0 Å². The molecular weight excluding hydrogens is 360 g/mol. The van der Waals surface area contributed by atoms with Crippen molar-refractivity contribution in [1.29, 1.82) is 0 Å². The van der Waals surface area contributed by atoms with Crippen molar-refractivity contribution in [2.75, 3.05) is 13.1 Å². The third-order valence-electron chi connectivity index (χ3n) is 10.2. The molecule has 7 atom stereocenters. The molecule has 0 radical (unpaired) electrons. The molecule has 1 unspecified atom stereocenters. The van der Waals surface area contributed by atoms with Crippen LogP contribution in [0.5, 0.6) is 0 Å². The predicted octanol–water partition coefficient (Wildman–Crippen LogP) is 4.61. The largest absolute Gasteiger partial charge is 0.314 e. The summed E-state index contributed by atoms with van der Waals surface area (Å²) < 4.78 is 0. The summed E-state index contributed by atoms with van der Waals surface area (Å²) in [6.45, 7) is 11.7. The molecule has 0 amide bonds. The molecule has 3 saturated carbocycles. The maximum Gasteiger partial charge on any atom is 0.139 e. The molecule has 4 aliphatic carbocycles. The van der Waals surface area contributed by atoms with Crippen molar-refractivity contribution >= 4 is 5.78 Å². The fourth-order valence-corrected chi connectivity index (χ4v) is 8.53. The van der Waals surface area contributed by atoms with E-state index in [1.54, 1.807) is 0 Å². The fraction of sp³-hybridized carbons (Fsp3) is 0.880. The number of allylic oxidation sites excluding steroid dienone is 2. The molecular formula is C25H40N2O2. The number of fused-ring (bicyclic) bond motifs is 5. The van der Waals surface area contributed by atoms with E-state index in [1.807, 2.05) is 0 Å². The van der Waals surface area contributed by atoms with Crippen molar-refractivity contribution in [2.24, 2.45) is 39.9 Å². The van der Waals surface area contributed by atoms with Crippen molar-refractivity contribution in [3.8, 4) is 0 Å². The zero-order valence-electron chi connectivity index (χ0n) is 18.9. The minimum Gasteiger partial charge on any atom is -0.314 e. The maximum atomic E-state index is 12.7. The van der Waals surface area contributed by atoms with Crippen molar-refractivity contribution in [1.82, 2.24) is 10.8 Å². The number of hydrogen-bond donors (Lipinski definition) is 2. The van der Waals surface area contributed by atoms with E-state index in [4.69, 9.17) is 4.84 Å². The van der Waals surface area contributed by atoms with Gasteiger partial charge in [0.15, 0.2) is 0 Å². The Bertz CT molecular complexity index is 710. The average Bonchev–Trinajstić information content (AvgIpc) is 3.29. The van der Waals surface area contributed by atoms with E-state index in [0.717, 1.165) is 57.0 Å². The van der Waals surface area contributed by atoms with Crippen LogP contribution in [0, 0.1) is 39.9 Å². The molecule has 4 fully saturated rings. The van der Waals surface area contributed by atoms with Crippen LogP contribution in [0.2, 0.25) is 0 Å². The van der Waals surface area contributed by atoms with Crippen molar-refractivity contribution < 1.29 is 9.63 Å². The topological polar surface area (TPSA) is 50.4 Å². The molecule has 1 aliphatic heterocycles. The summed E-state index contributed by atoms with van der Waals surface area (Å²) in [6, 6.07) is 0. The van der Waals surface area contributed by atoms with Gasteiger partial charge in [-0.15, -0.1) is 0 Å². The van der Waals surface area contributed by atoms with Gasteiger partial charge in [-0.2, -0.15) is 0 Å². The smallest absolute Gasteiger partial charge is 0.139 e. The summed E-state index contributed by atoms with van der Waals surface area (Å²) >= 11 is 0. The Labute approximate surface area is 176 Å². The van der Waals surface area contributed by atoms with Crippen LogP contribution in [0.25, 0.3) is 0 Å². The highest BCUT2D eigenvalue weighted by Crippen LogP contribution is 2.67. The molecule has 4 heteroatoms. The van der Waals surface area contributed by atoms with E-state index in [9.17, 15) is 4.79 Å². The van der Waals surface area contributed by atoms with Gasteiger partial charge < -0.3 is 5.32 Å². The number of ketones is 1. The summed E-state index contributed by atoms with van der Waals surface area (Å²) in [6.07, 6.45) is 11.9. The third kappa shape index (κ3) is 2.88. The first kappa shape index (κ1) is 20.1. The van der Waals surface area contributed by atoms with E-state index in [1.165, 1.54) is 25.0 Å². The second kappa shape index (κ2) is 6.82. The molecule has 1 heterocycles. The second-order valence-electron chi connectivity index (χ2n) is 11.8. The van der Waals surface area contributed by atoms with Gasteiger partial charge in [-0.1, -0.05) is 33.8 Å². The second-order valence-corrected chi connectivity index (χ2v) is 11.8. The Morgan fingerprint density at radius 2 is 1.90 bits per heavy atom. The molecule has 4 nitrogen and oxygen atoms in total. The fourth-order valence-electron chi connectivity index (χ4n) is 8.53. The summed E-state index contributed by atoms with van der Waals surface area (Å²) in [5.74, 6) is 3.39. The SMILES string of the molecule is CC1(C)C(NO[C@@H]2CCNC2)=CC[C@@]2(C)C1CC[C@@H]1[C@@H]2CC[C@]2(C)C(=O)CC[C@@H]12. The van der Waals surface area contributed by atoms with Crippen molar-refractivity contribution in [2.45, 2.75) is 85.2 Å². The molecule has 0 aromatic carbocycles.